The van der Waals surface area contributed by atoms with Crippen LogP contribution >= 0.6 is 18.7 Å². The number of rotatable bonds is 8. The largest absolute Gasteiger partial charge is 0.495 e. The first-order valence-electron chi connectivity index (χ1n) is 14.0. The summed E-state index contributed by atoms with van der Waals surface area (Å²) in [4.78, 5) is 14.1. The van der Waals surface area contributed by atoms with Gasteiger partial charge in [-0.05, 0) is 81.8 Å². The number of halogens is 1. The summed E-state index contributed by atoms with van der Waals surface area (Å²) in [6, 6.07) is 14.6. The number of nitrogens with one attached hydrogen (secondary N) is 2. The molecule has 1 aromatic heterocycles. The SMILES string of the molecule is COc1cc([C@H]2CC[C@H](N3CCN(C)CC3)CC2)ccc1Nc1ncc(Cl)c(Nc2ccccc2P(C)(C)=O)n1. The minimum Gasteiger partial charge on any atom is -0.495 e. The van der Waals surface area contributed by atoms with Crippen molar-refractivity contribution in [2.24, 2.45) is 0 Å². The van der Waals surface area contributed by atoms with Gasteiger partial charge in [-0.2, -0.15) is 4.98 Å². The number of para-hydroxylation sites is 1. The summed E-state index contributed by atoms with van der Waals surface area (Å²) in [5.74, 6) is 2.13. The average molecular weight is 583 g/mol. The number of aromatic nitrogens is 2. The number of nitrogens with zero attached hydrogens (tertiary/aromatic N) is 4. The highest BCUT2D eigenvalue weighted by Gasteiger charge is 2.28. The Kier molecular flexibility index (Phi) is 9.01. The van der Waals surface area contributed by atoms with Crippen molar-refractivity contribution in [3.63, 3.8) is 0 Å². The lowest BCUT2D eigenvalue weighted by Crippen LogP contribution is -2.49. The molecule has 3 aromatic rings. The fraction of sp³-hybridized carbons (Fsp3) is 0.467. The zero-order chi connectivity index (χ0) is 28.3. The second kappa shape index (κ2) is 12.5. The van der Waals surface area contributed by atoms with Gasteiger partial charge in [-0.15, -0.1) is 0 Å². The van der Waals surface area contributed by atoms with E-state index in [1.165, 1.54) is 57.4 Å². The van der Waals surface area contributed by atoms with Crippen molar-refractivity contribution in [2.75, 3.05) is 64.3 Å². The lowest BCUT2D eigenvalue weighted by Gasteiger charge is -2.41. The molecule has 0 unspecified atom stereocenters. The van der Waals surface area contributed by atoms with Crippen LogP contribution in [0.2, 0.25) is 5.02 Å². The van der Waals surface area contributed by atoms with Gasteiger partial charge >= 0.3 is 0 Å². The molecule has 10 heteroatoms. The van der Waals surface area contributed by atoms with Crippen LogP contribution in [-0.4, -0.2) is 79.5 Å². The minimum atomic E-state index is -2.50. The van der Waals surface area contributed by atoms with E-state index in [1.54, 1.807) is 26.6 Å². The first kappa shape index (κ1) is 28.9. The molecule has 0 bridgehead atoms. The Hall–Kier alpha value is -2.64. The summed E-state index contributed by atoms with van der Waals surface area (Å²) in [7, 11) is 1.40. The van der Waals surface area contributed by atoms with Crippen LogP contribution in [-0.2, 0) is 4.57 Å². The zero-order valence-electron chi connectivity index (χ0n) is 23.9. The molecule has 2 fully saturated rings. The van der Waals surface area contributed by atoms with Gasteiger partial charge in [0.15, 0.2) is 5.82 Å². The highest BCUT2D eigenvalue weighted by Crippen LogP contribution is 2.40. The number of ether oxygens (including phenoxy) is 1. The number of methoxy groups -OCH3 is 1. The topological polar surface area (TPSA) is 82.6 Å². The van der Waals surface area contributed by atoms with Crippen LogP contribution in [0.15, 0.2) is 48.7 Å². The van der Waals surface area contributed by atoms with Gasteiger partial charge < -0.3 is 24.8 Å². The predicted octanol–water partition coefficient (Wildman–Crippen LogP) is 6.15. The molecule has 5 rings (SSSR count). The Morgan fingerprint density at radius 2 is 1.70 bits per heavy atom. The van der Waals surface area contributed by atoms with Gasteiger partial charge in [0.05, 0.1) is 24.7 Å². The third-order valence-corrected chi connectivity index (χ3v) is 10.0. The molecule has 0 amide bonds. The van der Waals surface area contributed by atoms with Crippen LogP contribution in [0.3, 0.4) is 0 Å². The number of likely N-dealkylation sites (N-methyl/N-ethyl adjacent to an activating group) is 1. The van der Waals surface area contributed by atoms with E-state index in [1.807, 2.05) is 30.3 Å². The molecule has 2 N–H and O–H groups in total. The first-order chi connectivity index (χ1) is 19.2. The maximum Gasteiger partial charge on any atom is 0.229 e. The normalized spacial score (nSPS) is 20.7. The number of piperazine rings is 1. The van der Waals surface area contributed by atoms with E-state index in [0.717, 1.165) is 16.7 Å². The van der Waals surface area contributed by atoms with E-state index in [-0.39, 0.29) is 0 Å². The standard InChI is InChI=1S/C30H40ClN6O2P/c1-36-15-17-37(18-16-36)23-12-9-21(10-13-23)22-11-14-25(27(19-22)39-2)34-30-32-20-24(31)29(35-30)33-26-7-5-6-8-28(26)40(3,4)38/h5-8,11,14,19-21,23H,9-10,12-13,15-18H2,1-4H3,(H2,32,33,34,35)/t21-,23-. The quantitative estimate of drug-likeness (QED) is 0.306. The van der Waals surface area contributed by atoms with Crippen molar-refractivity contribution < 1.29 is 9.30 Å². The van der Waals surface area contributed by atoms with Crippen molar-refractivity contribution in [1.29, 1.82) is 0 Å². The van der Waals surface area contributed by atoms with Gasteiger partial charge in [0.2, 0.25) is 5.95 Å². The maximum atomic E-state index is 12.8. The molecule has 40 heavy (non-hydrogen) atoms. The second-order valence-electron chi connectivity index (χ2n) is 11.3. The summed E-state index contributed by atoms with van der Waals surface area (Å²) in [5.41, 5.74) is 2.82. The summed E-state index contributed by atoms with van der Waals surface area (Å²) in [5, 5.41) is 7.66. The van der Waals surface area contributed by atoms with Crippen molar-refractivity contribution in [2.45, 2.75) is 37.6 Å². The molecular formula is C30H40ClN6O2P. The first-order valence-corrected chi connectivity index (χ1v) is 17.0. The van der Waals surface area contributed by atoms with Gasteiger partial charge in [0.1, 0.15) is 17.9 Å². The molecule has 8 nitrogen and oxygen atoms in total. The van der Waals surface area contributed by atoms with Gasteiger partial charge in [-0.3, -0.25) is 4.90 Å². The summed E-state index contributed by atoms with van der Waals surface area (Å²) >= 11 is 6.43. The van der Waals surface area contributed by atoms with E-state index in [0.29, 0.717) is 34.4 Å². The van der Waals surface area contributed by atoms with Crippen molar-refractivity contribution in [3.8, 4) is 5.75 Å². The fourth-order valence-corrected chi connectivity index (χ4v) is 7.13. The van der Waals surface area contributed by atoms with Crippen molar-refractivity contribution in [3.05, 3.63) is 59.2 Å². The lowest BCUT2D eigenvalue weighted by atomic mass is 9.81. The summed E-state index contributed by atoms with van der Waals surface area (Å²) in [6.45, 7) is 8.22. The fourth-order valence-electron chi connectivity index (χ4n) is 5.84. The molecule has 214 valence electrons. The van der Waals surface area contributed by atoms with E-state index in [2.05, 4.69) is 49.6 Å². The average Bonchev–Trinajstić information content (AvgIpc) is 2.95. The smallest absolute Gasteiger partial charge is 0.229 e. The Balaban J connectivity index is 1.27. The van der Waals surface area contributed by atoms with Gasteiger partial charge in [-0.1, -0.05) is 29.8 Å². The number of benzene rings is 2. The van der Waals surface area contributed by atoms with Gasteiger partial charge in [0.25, 0.3) is 0 Å². The number of anilines is 4. The van der Waals surface area contributed by atoms with Crippen molar-refractivity contribution in [1.82, 2.24) is 19.8 Å². The lowest BCUT2D eigenvalue weighted by molar-refractivity contribution is 0.0878. The molecule has 1 aliphatic heterocycles. The van der Waals surface area contributed by atoms with Crippen LogP contribution < -0.4 is 20.7 Å². The number of hydrogen-bond donors (Lipinski definition) is 2. The Bertz CT molecular complexity index is 1370. The molecule has 0 atom stereocenters. The monoisotopic (exact) mass is 582 g/mol. The molecule has 1 saturated heterocycles. The summed E-state index contributed by atoms with van der Waals surface area (Å²) in [6.07, 6.45) is 6.46. The highest BCUT2D eigenvalue weighted by molar-refractivity contribution is 7.70. The van der Waals surface area contributed by atoms with Crippen LogP contribution in [0.1, 0.15) is 37.2 Å². The van der Waals surface area contributed by atoms with E-state index in [4.69, 9.17) is 16.3 Å². The van der Waals surface area contributed by atoms with E-state index in [9.17, 15) is 4.57 Å². The highest BCUT2D eigenvalue weighted by atomic mass is 35.5. The second-order valence-corrected chi connectivity index (χ2v) is 14.9. The van der Waals surface area contributed by atoms with Crippen LogP contribution in [0.25, 0.3) is 0 Å². The van der Waals surface area contributed by atoms with Crippen LogP contribution in [0.5, 0.6) is 5.75 Å². The molecule has 1 saturated carbocycles. The third kappa shape index (κ3) is 6.80. The van der Waals surface area contributed by atoms with Crippen LogP contribution in [0.4, 0.5) is 23.1 Å². The summed E-state index contributed by atoms with van der Waals surface area (Å²) < 4.78 is 18.6. The molecule has 0 spiro atoms. The van der Waals surface area contributed by atoms with Gasteiger partial charge in [-0.25, -0.2) is 4.98 Å². The minimum absolute atomic E-state index is 0.372. The van der Waals surface area contributed by atoms with E-state index < -0.39 is 7.14 Å². The molecule has 2 aliphatic rings. The maximum absolute atomic E-state index is 12.8. The molecule has 2 heterocycles. The molecule has 0 radical (unpaired) electrons. The molecule has 2 aromatic carbocycles. The van der Waals surface area contributed by atoms with Crippen molar-refractivity contribution >= 4 is 47.2 Å². The van der Waals surface area contributed by atoms with Crippen LogP contribution in [0, 0.1) is 0 Å². The molecular weight excluding hydrogens is 543 g/mol. The molecule has 1 aliphatic carbocycles. The van der Waals surface area contributed by atoms with Gasteiger partial charge in [0, 0.05) is 37.5 Å². The zero-order valence-corrected chi connectivity index (χ0v) is 25.5. The number of hydrogen-bond acceptors (Lipinski definition) is 8. The predicted molar refractivity (Wildman–Crippen MR) is 166 cm³/mol. The van der Waals surface area contributed by atoms with E-state index >= 15 is 0 Å². The third-order valence-electron chi connectivity index (χ3n) is 8.18. The Morgan fingerprint density at radius 3 is 2.40 bits per heavy atom. The Labute approximate surface area is 242 Å². The Morgan fingerprint density at radius 1 is 0.975 bits per heavy atom.